The normalized spacial score (nSPS) is 0. The van der Waals surface area contributed by atoms with Crippen molar-refractivity contribution in [2.24, 2.45) is 0 Å². The van der Waals surface area contributed by atoms with Crippen LogP contribution in [0.5, 0.6) is 0 Å². The van der Waals surface area contributed by atoms with Crippen molar-refractivity contribution in [1.29, 1.82) is 0 Å². The van der Waals surface area contributed by atoms with E-state index < -0.39 is 0 Å². The van der Waals surface area contributed by atoms with Gasteiger partial charge in [-0.2, -0.15) is 0 Å². The van der Waals surface area contributed by atoms with Gasteiger partial charge in [-0.05, 0) is 0 Å². The Balaban J connectivity index is 0. The van der Waals surface area contributed by atoms with Gasteiger partial charge in [-0.1, -0.05) is 0 Å². The summed E-state index contributed by atoms with van der Waals surface area (Å²) in [5.74, 6) is 0. The van der Waals surface area contributed by atoms with Crippen LogP contribution in [0.2, 0.25) is 0 Å². The summed E-state index contributed by atoms with van der Waals surface area (Å²) in [6.07, 6.45) is 0. The average molecular weight is 359 g/mol. The molecule has 0 N–H and O–H groups in total. The van der Waals surface area contributed by atoms with E-state index in [-0.39, 0.29) is 76.7 Å². The van der Waals surface area contributed by atoms with E-state index in [0.717, 1.165) is 0 Å². The Hall–Kier alpha value is 2.13. The third-order valence-corrected chi connectivity index (χ3v) is 0. The minimum Gasteiger partial charge on any atom is -1.00 e. The van der Waals surface area contributed by atoms with E-state index >= 15 is 0 Å². The molecule has 0 radical (unpaired) electrons. The van der Waals surface area contributed by atoms with Crippen molar-refractivity contribution in [3.63, 3.8) is 0 Å². The van der Waals surface area contributed by atoms with E-state index in [0.29, 0.717) is 0 Å². The first-order valence-electron chi connectivity index (χ1n) is 0. The molecule has 0 unspecified atom stereocenters. The number of rotatable bonds is 0. The molecule has 5 heavy (non-hydrogen) atoms. The molecule has 0 saturated carbocycles. The van der Waals surface area contributed by atoms with Crippen LogP contribution in [-0.2, 0) is 39.4 Å². The van der Waals surface area contributed by atoms with Crippen LogP contribution in [0.4, 0.5) is 0 Å². The first kappa shape index (κ1) is 59.1. The second kappa shape index (κ2) is 35.6. The number of halogens is 3. The van der Waals surface area contributed by atoms with Crippen LogP contribution in [0.3, 0.4) is 0 Å². The van der Waals surface area contributed by atoms with Crippen molar-refractivity contribution in [2.45, 2.75) is 0 Å². The van der Waals surface area contributed by atoms with Gasteiger partial charge >= 0.3 is 39.4 Å². The maximum absolute atomic E-state index is 0. The van der Waals surface area contributed by atoms with Crippen LogP contribution < -0.4 is 37.2 Å². The SMILES string of the molecule is [Au+3].[Cl-].[Cl-].[Cl-].[Fe+2]. The van der Waals surface area contributed by atoms with Gasteiger partial charge in [-0.3, -0.25) is 0 Å². The maximum Gasteiger partial charge on any atom is 3.00 e. The van der Waals surface area contributed by atoms with Crippen molar-refractivity contribution < 1.29 is 76.7 Å². The monoisotopic (exact) mass is 358 g/mol. The van der Waals surface area contributed by atoms with Crippen LogP contribution >= 0.6 is 0 Å². The Morgan fingerprint density at radius 2 is 0.600 bits per heavy atom. The summed E-state index contributed by atoms with van der Waals surface area (Å²) in [5.41, 5.74) is 0. The molecule has 38 valence electrons. The molecule has 0 aromatic rings. The minimum absolute atomic E-state index is 0. The summed E-state index contributed by atoms with van der Waals surface area (Å²) < 4.78 is 0. The zero-order chi connectivity index (χ0) is 0. The summed E-state index contributed by atoms with van der Waals surface area (Å²) in [6.45, 7) is 0. The third kappa shape index (κ3) is 23.0. The Morgan fingerprint density at radius 1 is 0.600 bits per heavy atom. The Labute approximate surface area is 76.1 Å². The van der Waals surface area contributed by atoms with Gasteiger partial charge in [-0.15, -0.1) is 0 Å². The van der Waals surface area contributed by atoms with Gasteiger partial charge in [0.2, 0.25) is 0 Å². The molecule has 0 aliphatic rings. The standard InChI is InChI=1S/Au.3ClH.Fe/h;3*1H;/q+3;;;;+2/p-3. The summed E-state index contributed by atoms with van der Waals surface area (Å²) >= 11 is 0. The van der Waals surface area contributed by atoms with Crippen molar-refractivity contribution in [3.8, 4) is 0 Å². The second-order valence-electron chi connectivity index (χ2n) is 0. The molecule has 0 aliphatic carbocycles. The van der Waals surface area contributed by atoms with Crippen molar-refractivity contribution in [1.82, 2.24) is 0 Å². The zero-order valence-corrected chi connectivity index (χ0v) is 7.33. The van der Waals surface area contributed by atoms with E-state index in [1.807, 2.05) is 0 Å². The van der Waals surface area contributed by atoms with Gasteiger partial charge in [0.05, 0.1) is 0 Å². The van der Waals surface area contributed by atoms with E-state index in [9.17, 15) is 0 Å². The average Bonchev–Trinajstić information content (AvgIpc) is 0. The van der Waals surface area contributed by atoms with Crippen LogP contribution in [0.15, 0.2) is 0 Å². The van der Waals surface area contributed by atoms with Gasteiger partial charge in [0, 0.05) is 0 Å². The van der Waals surface area contributed by atoms with Gasteiger partial charge in [0.25, 0.3) is 0 Å². The fraction of sp³-hybridized carbons (Fsp3) is 0. The molecule has 0 bridgehead atoms. The first-order chi connectivity index (χ1) is 0. The molecule has 5 heteroatoms. The van der Waals surface area contributed by atoms with Crippen molar-refractivity contribution in [2.75, 3.05) is 0 Å². The quantitative estimate of drug-likeness (QED) is 0.377. The van der Waals surface area contributed by atoms with Gasteiger partial charge in [0.15, 0.2) is 0 Å². The Kier molecular flexibility index (Phi) is 420. The predicted octanol–water partition coefficient (Wildman–Crippen LogP) is -8.99. The fourth-order valence-electron chi connectivity index (χ4n) is 0. The smallest absolute Gasteiger partial charge is 1.00 e. The largest absolute Gasteiger partial charge is 3.00 e. The van der Waals surface area contributed by atoms with Crippen molar-refractivity contribution >= 4 is 0 Å². The molecule has 0 aromatic heterocycles. The molecule has 0 aromatic carbocycles. The third-order valence-electron chi connectivity index (χ3n) is 0. The molecule has 0 fully saturated rings. The summed E-state index contributed by atoms with van der Waals surface area (Å²) in [5, 5.41) is 0. The molecule has 0 aliphatic heterocycles. The molecule has 0 spiro atoms. The summed E-state index contributed by atoms with van der Waals surface area (Å²) in [4.78, 5) is 0. The summed E-state index contributed by atoms with van der Waals surface area (Å²) in [7, 11) is 0. The number of hydrogen-bond acceptors (Lipinski definition) is 0. The zero-order valence-electron chi connectivity index (χ0n) is 1.79. The minimum atomic E-state index is 0. The topological polar surface area (TPSA) is 0 Å². The predicted molar refractivity (Wildman–Crippen MR) is 0 cm³/mol. The van der Waals surface area contributed by atoms with Gasteiger partial charge in [0.1, 0.15) is 0 Å². The van der Waals surface area contributed by atoms with Gasteiger partial charge < -0.3 is 37.2 Å². The van der Waals surface area contributed by atoms with Crippen LogP contribution in [0.25, 0.3) is 0 Å². The van der Waals surface area contributed by atoms with E-state index in [2.05, 4.69) is 0 Å². The Bertz CT molecular complexity index is 6.85. The molecule has 0 nitrogen and oxygen atoms in total. The second-order valence-corrected chi connectivity index (χ2v) is 0. The molecule has 0 rings (SSSR count). The molecular weight excluding hydrogens is 359 g/mol. The first-order valence-corrected chi connectivity index (χ1v) is 0. The van der Waals surface area contributed by atoms with Crippen LogP contribution in [0, 0.1) is 0 Å². The van der Waals surface area contributed by atoms with Crippen LogP contribution in [0.1, 0.15) is 0 Å². The Morgan fingerprint density at radius 3 is 0.600 bits per heavy atom. The van der Waals surface area contributed by atoms with E-state index in [1.54, 1.807) is 0 Å². The van der Waals surface area contributed by atoms with Gasteiger partial charge in [-0.25, -0.2) is 0 Å². The maximum atomic E-state index is 0. The molecule has 0 heterocycles. The molecule has 0 amide bonds. The molecule has 0 saturated heterocycles. The molecule has 0 atom stereocenters. The van der Waals surface area contributed by atoms with E-state index in [4.69, 9.17) is 0 Å². The van der Waals surface area contributed by atoms with Crippen molar-refractivity contribution in [3.05, 3.63) is 0 Å². The fourth-order valence-corrected chi connectivity index (χ4v) is 0. The van der Waals surface area contributed by atoms with Crippen LogP contribution in [-0.4, -0.2) is 0 Å². The summed E-state index contributed by atoms with van der Waals surface area (Å²) in [6, 6.07) is 0. The van der Waals surface area contributed by atoms with E-state index in [1.165, 1.54) is 0 Å². The molecular formula is AuCl3Fe+2. The number of hydrogen-bond donors (Lipinski definition) is 0.